The topological polar surface area (TPSA) is 80.9 Å². The van der Waals surface area contributed by atoms with Crippen LogP contribution in [-0.4, -0.2) is 22.4 Å². The number of hydrogen-bond donors (Lipinski definition) is 2. The highest BCUT2D eigenvalue weighted by Gasteiger charge is 2.37. The van der Waals surface area contributed by atoms with Crippen molar-refractivity contribution in [2.45, 2.75) is 38.5 Å². The minimum Gasteiger partial charge on any atom is -0.329 e. The molecule has 1 aromatic rings. The summed E-state index contributed by atoms with van der Waals surface area (Å²) < 4.78 is 1.13. The van der Waals surface area contributed by atoms with E-state index >= 15 is 0 Å². The van der Waals surface area contributed by atoms with Crippen molar-refractivity contribution in [3.05, 3.63) is 15.4 Å². The fourth-order valence-corrected chi connectivity index (χ4v) is 3.51. The van der Waals surface area contributed by atoms with Gasteiger partial charge in [-0.25, -0.2) is 9.97 Å². The van der Waals surface area contributed by atoms with Crippen molar-refractivity contribution in [1.29, 1.82) is 0 Å². The third-order valence-electron chi connectivity index (χ3n) is 3.87. The Morgan fingerprint density at radius 1 is 1.30 bits per heavy atom. The predicted octanol–water partition coefficient (Wildman–Crippen LogP) is 3.24. The maximum absolute atomic E-state index is 12.6. The van der Waals surface area contributed by atoms with Crippen LogP contribution in [0.15, 0.2) is 15.4 Å². The second kappa shape index (κ2) is 6.95. The van der Waals surface area contributed by atoms with Gasteiger partial charge in [0.2, 0.25) is 5.91 Å². The summed E-state index contributed by atoms with van der Waals surface area (Å²) in [7, 11) is 0. The third-order valence-corrected chi connectivity index (χ3v) is 4.80. The number of nitrogens with one attached hydrogen (secondary N) is 1. The molecule has 0 aliphatic heterocycles. The van der Waals surface area contributed by atoms with Crippen molar-refractivity contribution < 1.29 is 4.79 Å². The molecule has 0 atom stereocenters. The zero-order valence-corrected chi connectivity index (χ0v) is 14.3. The van der Waals surface area contributed by atoms with Crippen LogP contribution < -0.4 is 11.1 Å². The normalized spacial score (nSPS) is 18.4. The van der Waals surface area contributed by atoms with Crippen LogP contribution in [0.4, 0.5) is 5.82 Å². The van der Waals surface area contributed by atoms with Gasteiger partial charge < -0.3 is 11.1 Å². The zero-order chi connectivity index (χ0) is 14.6. The fourth-order valence-electron chi connectivity index (χ4n) is 2.60. The summed E-state index contributed by atoms with van der Waals surface area (Å²) in [5.74, 6) is 0.398. The van der Waals surface area contributed by atoms with Gasteiger partial charge >= 0.3 is 0 Å². The minimum absolute atomic E-state index is 0.0424. The lowest BCUT2D eigenvalue weighted by molar-refractivity contribution is -0.125. The number of nitrogens with two attached hydrogens (primary N) is 1. The van der Waals surface area contributed by atoms with Crippen molar-refractivity contribution in [3.8, 4) is 0 Å². The second-order valence-electron chi connectivity index (χ2n) is 5.18. The summed E-state index contributed by atoms with van der Waals surface area (Å²) in [4.78, 5) is 21.0. The molecule has 0 unspecified atom stereocenters. The monoisotopic (exact) mass is 404 g/mol. The van der Waals surface area contributed by atoms with Gasteiger partial charge in [-0.3, -0.25) is 4.79 Å². The Balaban J connectivity index is 2.16. The van der Waals surface area contributed by atoms with Gasteiger partial charge in [0.25, 0.3) is 0 Å². The molecule has 0 bridgehead atoms. The molecule has 1 fully saturated rings. The standard InChI is InChI=1S/C13H18Br2N4O/c14-9-7-17-11(10(15)18-9)19-12(20)13(8-16)5-3-1-2-4-6-13/h7H,1-6,8,16H2,(H,17,19,20). The van der Waals surface area contributed by atoms with E-state index < -0.39 is 5.41 Å². The number of nitrogens with zero attached hydrogens (tertiary/aromatic N) is 2. The molecule has 1 amide bonds. The van der Waals surface area contributed by atoms with Gasteiger partial charge in [0.15, 0.2) is 5.82 Å². The summed E-state index contributed by atoms with van der Waals surface area (Å²) >= 11 is 6.54. The highest BCUT2D eigenvalue weighted by Crippen LogP contribution is 2.35. The number of amides is 1. The van der Waals surface area contributed by atoms with Gasteiger partial charge in [0.05, 0.1) is 11.6 Å². The first-order valence-corrected chi connectivity index (χ1v) is 8.35. The Hall–Kier alpha value is -0.530. The van der Waals surface area contributed by atoms with E-state index in [1.807, 2.05) is 0 Å². The molecule has 3 N–H and O–H groups in total. The number of hydrogen-bond acceptors (Lipinski definition) is 4. The molecule has 1 aliphatic rings. The molecule has 1 aromatic heterocycles. The number of rotatable bonds is 3. The van der Waals surface area contributed by atoms with Crippen molar-refractivity contribution in [1.82, 2.24) is 9.97 Å². The van der Waals surface area contributed by atoms with Crippen molar-refractivity contribution in [3.63, 3.8) is 0 Å². The van der Waals surface area contributed by atoms with E-state index in [4.69, 9.17) is 5.73 Å². The van der Waals surface area contributed by atoms with Crippen LogP contribution >= 0.6 is 31.9 Å². The Morgan fingerprint density at radius 3 is 2.50 bits per heavy atom. The Morgan fingerprint density at radius 2 is 1.95 bits per heavy atom. The first kappa shape index (κ1) is 15.9. The predicted molar refractivity (Wildman–Crippen MR) is 85.3 cm³/mol. The zero-order valence-electron chi connectivity index (χ0n) is 11.2. The first-order chi connectivity index (χ1) is 9.57. The second-order valence-corrected chi connectivity index (χ2v) is 6.75. The van der Waals surface area contributed by atoms with Gasteiger partial charge in [0.1, 0.15) is 9.21 Å². The van der Waals surface area contributed by atoms with Crippen molar-refractivity contribution in [2.75, 3.05) is 11.9 Å². The van der Waals surface area contributed by atoms with Gasteiger partial charge in [-0.15, -0.1) is 0 Å². The van der Waals surface area contributed by atoms with E-state index in [9.17, 15) is 4.79 Å². The molecule has 1 heterocycles. The number of halogens is 2. The van der Waals surface area contributed by atoms with Gasteiger partial charge in [-0.05, 0) is 44.7 Å². The number of carbonyl (C=O) groups is 1. The molecule has 2 rings (SSSR count). The van der Waals surface area contributed by atoms with Gasteiger partial charge in [-0.2, -0.15) is 0 Å². The van der Waals surface area contributed by atoms with Crippen molar-refractivity contribution >= 4 is 43.6 Å². The Kier molecular flexibility index (Phi) is 5.51. The maximum atomic E-state index is 12.6. The Bertz CT molecular complexity index is 487. The molecule has 0 saturated heterocycles. The average molecular weight is 406 g/mol. The number of aromatic nitrogens is 2. The quantitative estimate of drug-likeness (QED) is 0.756. The molecule has 1 saturated carbocycles. The van der Waals surface area contributed by atoms with E-state index in [1.165, 1.54) is 12.8 Å². The molecular weight excluding hydrogens is 388 g/mol. The molecule has 7 heteroatoms. The van der Waals surface area contributed by atoms with Crippen LogP contribution in [-0.2, 0) is 4.79 Å². The third kappa shape index (κ3) is 3.56. The first-order valence-electron chi connectivity index (χ1n) is 6.77. The molecule has 20 heavy (non-hydrogen) atoms. The minimum atomic E-state index is -0.468. The summed E-state index contributed by atoms with van der Waals surface area (Å²) in [5.41, 5.74) is 5.44. The number of anilines is 1. The molecule has 0 aromatic carbocycles. The SMILES string of the molecule is NCC1(C(=O)Nc2ncc(Br)nc2Br)CCCCCC1. The molecular formula is C13H18Br2N4O. The van der Waals surface area contributed by atoms with Crippen LogP contribution in [0.5, 0.6) is 0 Å². The van der Waals surface area contributed by atoms with E-state index in [0.29, 0.717) is 21.6 Å². The molecule has 5 nitrogen and oxygen atoms in total. The van der Waals surface area contributed by atoms with Crippen LogP contribution in [0, 0.1) is 5.41 Å². The molecule has 110 valence electrons. The lowest BCUT2D eigenvalue weighted by Gasteiger charge is -2.29. The van der Waals surface area contributed by atoms with E-state index in [-0.39, 0.29) is 5.91 Å². The summed E-state index contributed by atoms with van der Waals surface area (Å²) in [6.45, 7) is 0.375. The van der Waals surface area contributed by atoms with E-state index in [0.717, 1.165) is 25.7 Å². The summed E-state index contributed by atoms with van der Waals surface area (Å²) in [5, 5.41) is 2.87. The lowest BCUT2D eigenvalue weighted by atomic mass is 9.79. The van der Waals surface area contributed by atoms with Crippen molar-refractivity contribution in [2.24, 2.45) is 11.1 Å². The van der Waals surface area contributed by atoms with Crippen LogP contribution in [0.3, 0.4) is 0 Å². The van der Waals surface area contributed by atoms with Gasteiger partial charge in [0, 0.05) is 6.54 Å². The fraction of sp³-hybridized carbons (Fsp3) is 0.615. The van der Waals surface area contributed by atoms with Crippen LogP contribution in [0.1, 0.15) is 38.5 Å². The van der Waals surface area contributed by atoms with E-state index in [1.54, 1.807) is 6.20 Å². The molecule has 1 aliphatic carbocycles. The average Bonchev–Trinajstić information content (AvgIpc) is 2.68. The van der Waals surface area contributed by atoms with Crippen LogP contribution in [0.2, 0.25) is 0 Å². The summed E-state index contributed by atoms with van der Waals surface area (Å²) in [6.07, 6.45) is 7.71. The van der Waals surface area contributed by atoms with E-state index in [2.05, 4.69) is 47.1 Å². The van der Waals surface area contributed by atoms with Gasteiger partial charge in [-0.1, -0.05) is 25.7 Å². The number of carbonyl (C=O) groups excluding carboxylic acids is 1. The largest absolute Gasteiger partial charge is 0.329 e. The maximum Gasteiger partial charge on any atom is 0.233 e. The smallest absolute Gasteiger partial charge is 0.233 e. The molecule has 0 radical (unpaired) electrons. The highest BCUT2D eigenvalue weighted by atomic mass is 79.9. The lowest BCUT2D eigenvalue weighted by Crippen LogP contribution is -2.42. The summed E-state index contributed by atoms with van der Waals surface area (Å²) in [6, 6.07) is 0. The van der Waals surface area contributed by atoms with Crippen LogP contribution in [0.25, 0.3) is 0 Å². The molecule has 0 spiro atoms. The highest BCUT2D eigenvalue weighted by molar-refractivity contribution is 9.11. The Labute approximate surface area is 135 Å².